The number of aromatic nitrogens is 2. The Morgan fingerprint density at radius 3 is 2.73 bits per heavy atom. The van der Waals surface area contributed by atoms with E-state index in [0.29, 0.717) is 35.9 Å². The lowest BCUT2D eigenvalue weighted by molar-refractivity contribution is 0.189. The Balaban J connectivity index is 1.60. The molecule has 7 heteroatoms. The fourth-order valence-corrected chi connectivity index (χ4v) is 5.04. The molecule has 2 aromatic rings. The number of hydrogen-bond acceptors (Lipinski definition) is 4. The number of nitrogens with zero attached hydrogens (tertiary/aromatic N) is 2. The van der Waals surface area contributed by atoms with Gasteiger partial charge < -0.3 is 4.98 Å². The molecule has 0 bridgehead atoms. The molecule has 1 atom stereocenters. The topological polar surface area (TPSA) is 66.1 Å². The molecule has 1 aliphatic heterocycles. The second-order valence-corrected chi connectivity index (χ2v) is 8.51. The van der Waals surface area contributed by atoms with Crippen LogP contribution in [0, 0.1) is 5.82 Å². The van der Waals surface area contributed by atoms with Crippen molar-refractivity contribution in [2.45, 2.75) is 37.9 Å². The van der Waals surface area contributed by atoms with Crippen LogP contribution in [0.1, 0.15) is 25.1 Å². The van der Waals surface area contributed by atoms with E-state index in [4.69, 9.17) is 0 Å². The second-order valence-electron chi connectivity index (χ2n) is 6.28. The van der Waals surface area contributed by atoms with Gasteiger partial charge in [0.15, 0.2) is 15.7 Å². The summed E-state index contributed by atoms with van der Waals surface area (Å²) in [5, 5.41) is 0. The van der Waals surface area contributed by atoms with E-state index < -0.39 is 9.84 Å². The first-order chi connectivity index (χ1) is 10.5. The van der Waals surface area contributed by atoms with Crippen LogP contribution in [0.3, 0.4) is 0 Å². The third-order valence-electron chi connectivity index (χ3n) is 4.54. The number of para-hydroxylation sites is 1. The quantitative estimate of drug-likeness (QED) is 0.932. The highest BCUT2D eigenvalue weighted by Gasteiger charge is 2.39. The van der Waals surface area contributed by atoms with E-state index in [0.717, 1.165) is 12.8 Å². The molecule has 1 N–H and O–H groups in total. The van der Waals surface area contributed by atoms with Crippen LogP contribution >= 0.6 is 0 Å². The first kappa shape index (κ1) is 14.1. The largest absolute Gasteiger partial charge is 0.341 e. The van der Waals surface area contributed by atoms with Crippen molar-refractivity contribution in [3.05, 3.63) is 29.8 Å². The molecule has 1 unspecified atom stereocenters. The maximum atomic E-state index is 13.7. The smallest absolute Gasteiger partial charge is 0.151 e. The molecule has 1 saturated carbocycles. The number of nitrogens with one attached hydrogen (secondary N) is 1. The summed E-state index contributed by atoms with van der Waals surface area (Å²) < 4.78 is 37.2. The number of sulfone groups is 1. The molecule has 1 saturated heterocycles. The Kier molecular flexibility index (Phi) is 3.23. The van der Waals surface area contributed by atoms with E-state index in [2.05, 4.69) is 14.9 Å². The van der Waals surface area contributed by atoms with Crippen molar-refractivity contribution in [3.63, 3.8) is 0 Å². The number of hydrogen-bond donors (Lipinski definition) is 1. The van der Waals surface area contributed by atoms with Gasteiger partial charge in [-0.05, 0) is 31.4 Å². The molecule has 0 spiro atoms. The number of benzene rings is 1. The van der Waals surface area contributed by atoms with Gasteiger partial charge in [-0.15, -0.1) is 0 Å². The summed E-state index contributed by atoms with van der Waals surface area (Å²) in [7, 11) is -2.90. The third kappa shape index (κ3) is 2.63. The normalized spacial score (nSPS) is 24.4. The van der Waals surface area contributed by atoms with Gasteiger partial charge in [-0.2, -0.15) is 0 Å². The van der Waals surface area contributed by atoms with E-state index >= 15 is 0 Å². The molecule has 0 amide bonds. The molecule has 118 valence electrons. The van der Waals surface area contributed by atoms with E-state index in [9.17, 15) is 12.8 Å². The summed E-state index contributed by atoms with van der Waals surface area (Å²) in [5.41, 5.74) is 1.04. The van der Waals surface area contributed by atoms with Crippen LogP contribution in [-0.4, -0.2) is 46.9 Å². The van der Waals surface area contributed by atoms with E-state index in [1.165, 1.54) is 6.07 Å². The van der Waals surface area contributed by atoms with E-state index in [-0.39, 0.29) is 23.4 Å². The van der Waals surface area contributed by atoms with Crippen LogP contribution in [-0.2, 0) is 16.4 Å². The van der Waals surface area contributed by atoms with Crippen molar-refractivity contribution >= 4 is 20.9 Å². The van der Waals surface area contributed by atoms with Crippen LogP contribution < -0.4 is 0 Å². The van der Waals surface area contributed by atoms with Crippen molar-refractivity contribution in [1.82, 2.24) is 14.9 Å². The summed E-state index contributed by atoms with van der Waals surface area (Å²) in [5.74, 6) is 0.881. The van der Waals surface area contributed by atoms with Gasteiger partial charge in [0.25, 0.3) is 0 Å². The monoisotopic (exact) mass is 323 g/mol. The summed E-state index contributed by atoms with van der Waals surface area (Å²) >= 11 is 0. The Morgan fingerprint density at radius 2 is 2.09 bits per heavy atom. The van der Waals surface area contributed by atoms with Gasteiger partial charge >= 0.3 is 0 Å². The number of halogens is 1. The second kappa shape index (κ2) is 5.03. The fourth-order valence-electron chi connectivity index (χ4n) is 3.30. The number of imidazole rings is 1. The standard InChI is InChI=1S/C15H18FN3O2S/c16-12-2-1-3-13-15(12)18-14(17-13)8-19(10-4-5-10)11-6-7-22(20,21)9-11/h1-3,10-11H,4-9H2,(H,17,18). The minimum absolute atomic E-state index is 0.0653. The lowest BCUT2D eigenvalue weighted by Gasteiger charge is -2.26. The SMILES string of the molecule is O=S1(=O)CCC(N(Cc2nc3c(F)cccc3[nH]2)C2CC2)C1. The zero-order valence-corrected chi connectivity index (χ0v) is 12.9. The Labute approximate surface area is 128 Å². The Morgan fingerprint density at radius 1 is 1.27 bits per heavy atom. The van der Waals surface area contributed by atoms with Gasteiger partial charge in [-0.25, -0.2) is 17.8 Å². The van der Waals surface area contributed by atoms with Gasteiger partial charge in [0.1, 0.15) is 11.3 Å². The fraction of sp³-hybridized carbons (Fsp3) is 0.533. The van der Waals surface area contributed by atoms with Crippen molar-refractivity contribution in [1.29, 1.82) is 0 Å². The summed E-state index contributed by atoms with van der Waals surface area (Å²) in [6.07, 6.45) is 2.89. The zero-order valence-electron chi connectivity index (χ0n) is 12.1. The highest BCUT2D eigenvalue weighted by atomic mass is 32.2. The number of H-pyrrole nitrogens is 1. The Bertz CT molecular complexity index is 813. The molecule has 22 heavy (non-hydrogen) atoms. The minimum Gasteiger partial charge on any atom is -0.341 e. The van der Waals surface area contributed by atoms with Crippen molar-refractivity contribution in [2.24, 2.45) is 0 Å². The van der Waals surface area contributed by atoms with Crippen LogP contribution in [0.5, 0.6) is 0 Å². The van der Waals surface area contributed by atoms with Crippen LogP contribution in [0.4, 0.5) is 4.39 Å². The summed E-state index contributed by atoms with van der Waals surface area (Å²) in [6, 6.07) is 5.36. The number of aromatic amines is 1. The molecule has 0 radical (unpaired) electrons. The maximum Gasteiger partial charge on any atom is 0.151 e. The van der Waals surface area contributed by atoms with Crippen LogP contribution in [0.2, 0.25) is 0 Å². The first-order valence-corrected chi connectivity index (χ1v) is 9.43. The molecule has 2 aliphatic rings. The van der Waals surface area contributed by atoms with Gasteiger partial charge in [-0.3, -0.25) is 4.90 Å². The minimum atomic E-state index is -2.90. The maximum absolute atomic E-state index is 13.7. The number of fused-ring (bicyclic) bond motifs is 1. The van der Waals surface area contributed by atoms with Crippen LogP contribution in [0.15, 0.2) is 18.2 Å². The molecule has 2 fully saturated rings. The molecule has 1 aliphatic carbocycles. The average molecular weight is 323 g/mol. The molecule has 2 heterocycles. The average Bonchev–Trinajstić information content (AvgIpc) is 3.11. The van der Waals surface area contributed by atoms with Crippen molar-refractivity contribution < 1.29 is 12.8 Å². The highest BCUT2D eigenvalue weighted by Crippen LogP contribution is 2.33. The molecular formula is C15H18FN3O2S. The summed E-state index contributed by atoms with van der Waals surface area (Å²) in [6.45, 7) is 0.555. The van der Waals surface area contributed by atoms with Gasteiger partial charge in [0.2, 0.25) is 0 Å². The van der Waals surface area contributed by atoms with Crippen LogP contribution in [0.25, 0.3) is 11.0 Å². The predicted molar refractivity (Wildman–Crippen MR) is 81.7 cm³/mol. The van der Waals surface area contributed by atoms with Crippen molar-refractivity contribution in [3.8, 4) is 0 Å². The van der Waals surface area contributed by atoms with Crippen molar-refractivity contribution in [2.75, 3.05) is 11.5 Å². The molecule has 5 nitrogen and oxygen atoms in total. The third-order valence-corrected chi connectivity index (χ3v) is 6.29. The molecular weight excluding hydrogens is 305 g/mol. The molecule has 1 aromatic heterocycles. The van der Waals surface area contributed by atoms with Gasteiger partial charge in [0, 0.05) is 12.1 Å². The number of rotatable bonds is 4. The lowest BCUT2D eigenvalue weighted by Crippen LogP contribution is -2.37. The van der Waals surface area contributed by atoms with Gasteiger partial charge in [-0.1, -0.05) is 6.07 Å². The van der Waals surface area contributed by atoms with Gasteiger partial charge in [0.05, 0.1) is 23.6 Å². The lowest BCUT2D eigenvalue weighted by atomic mass is 10.2. The Hall–Kier alpha value is -1.47. The predicted octanol–water partition coefficient (Wildman–Crippen LogP) is 1.85. The summed E-state index contributed by atoms with van der Waals surface area (Å²) in [4.78, 5) is 9.74. The van der Waals surface area contributed by atoms with E-state index in [1.54, 1.807) is 12.1 Å². The zero-order chi connectivity index (χ0) is 15.3. The molecule has 1 aromatic carbocycles. The first-order valence-electron chi connectivity index (χ1n) is 7.61. The van der Waals surface area contributed by atoms with E-state index in [1.807, 2.05) is 0 Å². The molecule has 4 rings (SSSR count). The highest BCUT2D eigenvalue weighted by molar-refractivity contribution is 7.91.